The fourth-order valence-corrected chi connectivity index (χ4v) is 2.45. The van der Waals surface area contributed by atoms with Crippen LogP contribution in [0, 0.1) is 5.82 Å². The van der Waals surface area contributed by atoms with Gasteiger partial charge in [-0.25, -0.2) is 9.18 Å². The Morgan fingerprint density at radius 2 is 2.00 bits per heavy atom. The molecule has 2 rings (SSSR count). The third-order valence-corrected chi connectivity index (χ3v) is 4.03. The Hall–Kier alpha value is -1.30. The van der Waals surface area contributed by atoms with Gasteiger partial charge in [0.15, 0.2) is 0 Å². The zero-order valence-corrected chi connectivity index (χ0v) is 13.6. The molecule has 0 bridgehead atoms. The van der Waals surface area contributed by atoms with E-state index in [0.29, 0.717) is 15.7 Å². The number of carbonyl (C=O) groups excluding carboxylic acids is 1. The highest BCUT2D eigenvalue weighted by molar-refractivity contribution is 9.10. The number of carbonyl (C=O) groups is 1. The fraction of sp³-hybridized carbons (Fsp3) is 0.0714. The van der Waals surface area contributed by atoms with Gasteiger partial charge in [0, 0.05) is 5.69 Å². The van der Waals surface area contributed by atoms with Crippen molar-refractivity contribution in [2.45, 2.75) is 6.61 Å². The summed E-state index contributed by atoms with van der Waals surface area (Å²) in [6, 6.07) is 7.14. The molecule has 3 nitrogen and oxygen atoms in total. The van der Waals surface area contributed by atoms with E-state index in [2.05, 4.69) is 15.9 Å². The molecule has 2 aromatic carbocycles. The Labute approximate surface area is 138 Å². The van der Waals surface area contributed by atoms with E-state index in [-0.39, 0.29) is 22.2 Å². The van der Waals surface area contributed by atoms with Crippen LogP contribution in [0.2, 0.25) is 10.0 Å². The molecule has 0 spiro atoms. The maximum Gasteiger partial charge on any atom is 0.340 e. The molecule has 21 heavy (non-hydrogen) atoms. The van der Waals surface area contributed by atoms with Gasteiger partial charge in [0.1, 0.15) is 12.4 Å². The van der Waals surface area contributed by atoms with Crippen LogP contribution in [0.25, 0.3) is 0 Å². The smallest absolute Gasteiger partial charge is 0.340 e. The number of nitrogen functional groups attached to an aromatic ring is 1. The third kappa shape index (κ3) is 3.87. The first kappa shape index (κ1) is 16.1. The first-order chi connectivity index (χ1) is 9.88. The summed E-state index contributed by atoms with van der Waals surface area (Å²) in [5, 5.41) is 0.254. The van der Waals surface area contributed by atoms with Gasteiger partial charge in [0.2, 0.25) is 0 Å². The molecule has 0 aliphatic rings. The molecule has 0 heterocycles. The first-order valence-electron chi connectivity index (χ1n) is 5.74. The van der Waals surface area contributed by atoms with Crippen molar-refractivity contribution in [2.24, 2.45) is 0 Å². The van der Waals surface area contributed by atoms with Gasteiger partial charge in [-0.2, -0.15) is 0 Å². The van der Waals surface area contributed by atoms with Crippen LogP contribution in [0.3, 0.4) is 0 Å². The largest absolute Gasteiger partial charge is 0.457 e. The molecular weight excluding hydrogens is 384 g/mol. The molecule has 0 aromatic heterocycles. The second kappa shape index (κ2) is 6.64. The molecule has 0 fully saturated rings. The van der Waals surface area contributed by atoms with Crippen LogP contribution in [-0.4, -0.2) is 5.97 Å². The quantitative estimate of drug-likeness (QED) is 0.600. The summed E-state index contributed by atoms with van der Waals surface area (Å²) in [5.74, 6) is -1.05. The molecule has 0 radical (unpaired) electrons. The summed E-state index contributed by atoms with van der Waals surface area (Å²) in [6.45, 7) is -0.0273. The van der Waals surface area contributed by atoms with E-state index in [1.165, 1.54) is 30.3 Å². The second-order valence-corrected chi connectivity index (χ2v) is 5.83. The SMILES string of the molecule is Nc1cc(Cl)c(Cl)c(C(=O)OCc2ccc(F)c(Br)c2)c1. The van der Waals surface area contributed by atoms with Crippen LogP contribution < -0.4 is 5.73 Å². The topological polar surface area (TPSA) is 52.3 Å². The minimum atomic E-state index is -0.658. The molecule has 0 saturated heterocycles. The fourth-order valence-electron chi connectivity index (χ4n) is 1.61. The van der Waals surface area contributed by atoms with Crippen molar-refractivity contribution in [2.75, 3.05) is 5.73 Å². The number of halogens is 4. The molecule has 0 aliphatic heterocycles. The molecule has 0 aliphatic carbocycles. The lowest BCUT2D eigenvalue weighted by molar-refractivity contribution is 0.0473. The lowest BCUT2D eigenvalue weighted by atomic mass is 10.2. The highest BCUT2D eigenvalue weighted by atomic mass is 79.9. The zero-order chi connectivity index (χ0) is 15.6. The number of rotatable bonds is 3. The van der Waals surface area contributed by atoms with Crippen LogP contribution in [0.1, 0.15) is 15.9 Å². The molecule has 110 valence electrons. The number of hydrogen-bond acceptors (Lipinski definition) is 3. The van der Waals surface area contributed by atoms with Gasteiger partial charge < -0.3 is 10.5 Å². The number of hydrogen-bond donors (Lipinski definition) is 1. The normalized spacial score (nSPS) is 10.5. The Kier molecular flexibility index (Phi) is 5.08. The van der Waals surface area contributed by atoms with Crippen molar-refractivity contribution < 1.29 is 13.9 Å². The lowest BCUT2D eigenvalue weighted by Crippen LogP contribution is -2.07. The van der Waals surface area contributed by atoms with E-state index < -0.39 is 11.8 Å². The summed E-state index contributed by atoms with van der Waals surface area (Å²) in [4.78, 5) is 12.0. The van der Waals surface area contributed by atoms with Crippen LogP contribution in [0.15, 0.2) is 34.8 Å². The predicted molar refractivity (Wildman–Crippen MR) is 84.1 cm³/mol. The van der Waals surface area contributed by atoms with Gasteiger partial charge in [-0.05, 0) is 45.8 Å². The predicted octanol–water partition coefficient (Wildman–Crippen LogP) is 4.83. The van der Waals surface area contributed by atoms with Crippen LogP contribution >= 0.6 is 39.1 Å². The summed E-state index contributed by atoms with van der Waals surface area (Å²) in [5.41, 5.74) is 6.63. The summed E-state index contributed by atoms with van der Waals surface area (Å²) < 4.78 is 18.5. The number of esters is 1. The highest BCUT2D eigenvalue weighted by Gasteiger charge is 2.16. The van der Waals surface area contributed by atoms with Crippen LogP contribution in [-0.2, 0) is 11.3 Å². The van der Waals surface area contributed by atoms with E-state index >= 15 is 0 Å². The van der Waals surface area contributed by atoms with Gasteiger partial charge in [0.25, 0.3) is 0 Å². The maximum atomic E-state index is 13.1. The standard InChI is InChI=1S/C14H9BrCl2FNO2/c15-10-3-7(1-2-12(10)18)6-21-14(20)9-4-8(19)5-11(16)13(9)17/h1-5H,6,19H2. The molecule has 0 amide bonds. The molecule has 0 atom stereocenters. The van der Waals surface area contributed by atoms with E-state index in [1.54, 1.807) is 0 Å². The van der Waals surface area contributed by atoms with E-state index in [9.17, 15) is 9.18 Å². The summed E-state index contributed by atoms with van der Waals surface area (Å²) in [7, 11) is 0. The first-order valence-corrected chi connectivity index (χ1v) is 7.29. The second-order valence-electron chi connectivity index (χ2n) is 4.19. The average molecular weight is 393 g/mol. The molecule has 0 unspecified atom stereocenters. The van der Waals surface area contributed by atoms with Crippen molar-refractivity contribution >= 4 is 50.8 Å². The Balaban J connectivity index is 2.13. The third-order valence-electron chi connectivity index (χ3n) is 2.62. The van der Waals surface area contributed by atoms with Gasteiger partial charge in [0.05, 0.1) is 20.1 Å². The van der Waals surface area contributed by atoms with E-state index in [4.69, 9.17) is 33.7 Å². The van der Waals surface area contributed by atoms with Crippen molar-refractivity contribution in [3.05, 3.63) is 61.8 Å². The minimum absolute atomic E-state index is 0.0273. The van der Waals surface area contributed by atoms with E-state index in [0.717, 1.165) is 0 Å². The van der Waals surface area contributed by atoms with Crippen molar-refractivity contribution in [1.82, 2.24) is 0 Å². The van der Waals surface area contributed by atoms with Crippen molar-refractivity contribution in [3.8, 4) is 0 Å². The Bertz CT molecular complexity index is 710. The monoisotopic (exact) mass is 391 g/mol. The van der Waals surface area contributed by atoms with Crippen LogP contribution in [0.5, 0.6) is 0 Å². The van der Waals surface area contributed by atoms with Crippen molar-refractivity contribution in [1.29, 1.82) is 0 Å². The van der Waals surface area contributed by atoms with Crippen LogP contribution in [0.4, 0.5) is 10.1 Å². The van der Waals surface area contributed by atoms with Gasteiger partial charge in [-0.15, -0.1) is 0 Å². The summed E-state index contributed by atoms with van der Waals surface area (Å²) in [6.07, 6.45) is 0. The maximum absolute atomic E-state index is 13.1. The summed E-state index contributed by atoms with van der Waals surface area (Å²) >= 11 is 14.9. The molecule has 7 heteroatoms. The van der Waals surface area contributed by atoms with E-state index in [1.807, 2.05) is 0 Å². The molecule has 2 aromatic rings. The molecule has 0 saturated carbocycles. The average Bonchev–Trinajstić information content (AvgIpc) is 2.43. The Morgan fingerprint density at radius 3 is 2.67 bits per heavy atom. The Morgan fingerprint density at radius 1 is 1.29 bits per heavy atom. The lowest BCUT2D eigenvalue weighted by Gasteiger charge is -2.09. The molecular formula is C14H9BrCl2FNO2. The minimum Gasteiger partial charge on any atom is -0.457 e. The number of benzene rings is 2. The van der Waals surface area contributed by atoms with Crippen molar-refractivity contribution in [3.63, 3.8) is 0 Å². The van der Waals surface area contributed by atoms with Gasteiger partial charge in [-0.3, -0.25) is 0 Å². The van der Waals surface area contributed by atoms with Gasteiger partial charge in [-0.1, -0.05) is 29.3 Å². The zero-order valence-electron chi connectivity index (χ0n) is 10.5. The number of nitrogens with two attached hydrogens (primary N) is 1. The number of ether oxygens (including phenoxy) is 1. The van der Waals surface area contributed by atoms with Gasteiger partial charge >= 0.3 is 5.97 Å². The molecule has 2 N–H and O–H groups in total. The highest BCUT2D eigenvalue weighted by Crippen LogP contribution is 2.29. The number of anilines is 1.